The van der Waals surface area contributed by atoms with Crippen molar-refractivity contribution in [1.82, 2.24) is 0 Å². The Morgan fingerprint density at radius 3 is 1.55 bits per heavy atom. The van der Waals surface area contributed by atoms with Gasteiger partial charge in [0, 0.05) is 13.0 Å². The summed E-state index contributed by atoms with van der Waals surface area (Å²) in [7, 11) is -5.02. The number of phosphoric acid groups is 1. The molecule has 0 aromatic heterocycles. The van der Waals surface area contributed by atoms with Gasteiger partial charge in [-0.1, -0.05) is 166 Å². The Hall–Kier alpha value is -1.44. The molecule has 0 amide bonds. The van der Waals surface area contributed by atoms with Crippen molar-refractivity contribution in [3.8, 4) is 0 Å². The lowest BCUT2D eigenvalue weighted by Gasteiger charge is -2.41. The van der Waals surface area contributed by atoms with Crippen LogP contribution in [0.4, 0.5) is 0 Å². The van der Waals surface area contributed by atoms with Gasteiger partial charge in [-0.25, -0.2) is 4.57 Å². The topological polar surface area (TPSA) is 192 Å². The second-order valence-electron chi connectivity index (χ2n) is 15.9. The number of aliphatic hydroxyl groups excluding tert-OH is 5. The van der Waals surface area contributed by atoms with Crippen LogP contribution in [0.2, 0.25) is 0 Å². The van der Waals surface area contributed by atoms with Gasteiger partial charge in [0.2, 0.25) is 0 Å². The number of hydrogen-bond acceptors (Lipinski definition) is 11. The number of rotatable bonds is 38. The van der Waals surface area contributed by atoms with Crippen LogP contribution in [0.3, 0.4) is 0 Å². The van der Waals surface area contributed by atoms with Gasteiger partial charge < -0.3 is 39.9 Å². The molecule has 1 rings (SSSR count). The quantitative estimate of drug-likeness (QED) is 0.0150. The zero-order valence-corrected chi connectivity index (χ0v) is 37.0. The summed E-state index contributed by atoms with van der Waals surface area (Å²) in [6.45, 7) is 4.12. The van der Waals surface area contributed by atoms with Crippen molar-refractivity contribution in [3.05, 3.63) is 36.5 Å². The number of ether oxygens (including phenoxy) is 2. The molecule has 13 heteroatoms. The van der Waals surface area contributed by atoms with E-state index in [9.17, 15) is 39.8 Å². The van der Waals surface area contributed by atoms with E-state index in [2.05, 4.69) is 50.3 Å². The lowest BCUT2D eigenvalue weighted by molar-refractivity contribution is -0.220. The van der Waals surface area contributed by atoms with E-state index in [0.717, 1.165) is 83.5 Å². The Kier molecular flexibility index (Phi) is 34.1. The van der Waals surface area contributed by atoms with Gasteiger partial charge in [0.25, 0.3) is 0 Å². The second-order valence-corrected chi connectivity index (χ2v) is 17.3. The zero-order valence-electron chi connectivity index (χ0n) is 36.1. The molecule has 0 saturated heterocycles. The first-order valence-corrected chi connectivity index (χ1v) is 24.3. The molecule has 12 nitrogen and oxygen atoms in total. The van der Waals surface area contributed by atoms with Gasteiger partial charge in [0.15, 0.2) is 0 Å². The summed E-state index contributed by atoms with van der Waals surface area (Å²) in [6.07, 6.45) is 29.2. The van der Waals surface area contributed by atoms with E-state index in [0.29, 0.717) is 13.0 Å². The average Bonchev–Trinajstić information content (AvgIpc) is 3.21. The maximum Gasteiger partial charge on any atom is 0.472 e. The molecule has 0 aromatic carbocycles. The fourth-order valence-corrected chi connectivity index (χ4v) is 7.87. The fourth-order valence-electron chi connectivity index (χ4n) is 6.90. The molecule has 0 spiro atoms. The highest BCUT2D eigenvalue weighted by atomic mass is 31.2. The molecule has 1 aliphatic rings. The molecule has 0 radical (unpaired) electrons. The highest BCUT2D eigenvalue weighted by Gasteiger charge is 2.51. The van der Waals surface area contributed by atoms with E-state index in [1.54, 1.807) is 0 Å². The highest BCUT2D eigenvalue weighted by molar-refractivity contribution is 7.47. The van der Waals surface area contributed by atoms with Crippen LogP contribution in [0.5, 0.6) is 0 Å². The number of carbonyl (C=O) groups excluding carboxylic acids is 1. The highest BCUT2D eigenvalue weighted by Crippen LogP contribution is 2.47. The summed E-state index contributed by atoms with van der Waals surface area (Å²) < 4.78 is 34.2. The first-order valence-electron chi connectivity index (χ1n) is 22.8. The van der Waals surface area contributed by atoms with Crippen LogP contribution in [-0.2, 0) is 27.9 Å². The summed E-state index contributed by atoms with van der Waals surface area (Å²) in [4.78, 5) is 23.1. The fraction of sp³-hybridized carbons (Fsp3) is 0.844. The lowest BCUT2D eigenvalue weighted by Crippen LogP contribution is -2.64. The van der Waals surface area contributed by atoms with Crippen LogP contribution in [0.1, 0.15) is 181 Å². The Morgan fingerprint density at radius 2 is 1.02 bits per heavy atom. The van der Waals surface area contributed by atoms with Gasteiger partial charge >= 0.3 is 13.8 Å². The Balaban J connectivity index is 2.41. The predicted molar refractivity (Wildman–Crippen MR) is 230 cm³/mol. The van der Waals surface area contributed by atoms with Crippen molar-refractivity contribution in [2.24, 2.45) is 0 Å². The molecule has 6 unspecified atom stereocenters. The normalized spacial score (nSPS) is 23.0. The van der Waals surface area contributed by atoms with Crippen molar-refractivity contribution in [2.75, 3.05) is 19.8 Å². The summed E-state index contributed by atoms with van der Waals surface area (Å²) in [5.74, 6) is -0.481. The van der Waals surface area contributed by atoms with Crippen LogP contribution in [-0.4, -0.2) is 98.9 Å². The Bertz CT molecular complexity index is 1100. The van der Waals surface area contributed by atoms with E-state index >= 15 is 0 Å². The van der Waals surface area contributed by atoms with E-state index in [4.69, 9.17) is 18.5 Å². The van der Waals surface area contributed by atoms with Gasteiger partial charge in [-0.05, 0) is 44.9 Å². The maximum atomic E-state index is 12.8. The first-order chi connectivity index (χ1) is 28.0. The number of aliphatic hydroxyl groups is 5. The lowest BCUT2D eigenvalue weighted by atomic mass is 9.85. The summed E-state index contributed by atoms with van der Waals surface area (Å²) in [5, 5.41) is 50.1. The molecular weight excluding hydrogens is 763 g/mol. The van der Waals surface area contributed by atoms with Crippen molar-refractivity contribution < 1.29 is 58.3 Å². The van der Waals surface area contributed by atoms with Crippen LogP contribution >= 0.6 is 7.82 Å². The standard InChI is InChI=1S/C45H83O12P/c1-3-5-7-9-11-13-15-17-19-21-23-25-27-29-31-33-35-54-36-38(37-55-58(52,53)57-45-43(50)41(48)40(47)42(49)44(45)51)56-39(46)34-32-30-28-26-24-22-20-18-16-14-12-10-8-6-4-2/h5,7,11,13,17,19,38,40-45,47-51H,3-4,6,8-10,12,14-16,18,20-37H2,1-2H3,(H,52,53)/b7-5-,13-11-,19-17-. The van der Waals surface area contributed by atoms with Crippen LogP contribution in [0.25, 0.3) is 0 Å². The van der Waals surface area contributed by atoms with Crippen molar-refractivity contribution in [2.45, 2.75) is 224 Å². The predicted octanol–water partition coefficient (Wildman–Crippen LogP) is 9.09. The summed E-state index contributed by atoms with van der Waals surface area (Å²) >= 11 is 0. The molecule has 1 saturated carbocycles. The maximum absolute atomic E-state index is 12.8. The largest absolute Gasteiger partial charge is 0.472 e. The molecule has 0 aliphatic heterocycles. The molecule has 0 bridgehead atoms. The van der Waals surface area contributed by atoms with Crippen molar-refractivity contribution in [1.29, 1.82) is 0 Å². The number of phosphoric ester groups is 1. The Morgan fingerprint density at radius 1 is 0.569 bits per heavy atom. The molecule has 0 aromatic rings. The molecule has 0 heterocycles. The van der Waals surface area contributed by atoms with E-state index in [-0.39, 0.29) is 13.0 Å². The third kappa shape index (κ3) is 28.2. The van der Waals surface area contributed by atoms with E-state index in [1.807, 2.05) is 0 Å². The van der Waals surface area contributed by atoms with Gasteiger partial charge in [-0.3, -0.25) is 13.8 Å². The number of unbranched alkanes of at least 4 members (excludes halogenated alkanes) is 20. The molecular formula is C45H83O12P. The smallest absolute Gasteiger partial charge is 0.457 e. The third-order valence-electron chi connectivity index (χ3n) is 10.5. The van der Waals surface area contributed by atoms with Crippen molar-refractivity contribution in [3.63, 3.8) is 0 Å². The second kappa shape index (κ2) is 36.2. The first kappa shape index (κ1) is 54.6. The van der Waals surface area contributed by atoms with E-state index in [1.165, 1.54) is 70.6 Å². The molecule has 58 heavy (non-hydrogen) atoms. The van der Waals surface area contributed by atoms with Crippen molar-refractivity contribution >= 4 is 13.8 Å². The molecule has 340 valence electrons. The van der Waals surface area contributed by atoms with Crippen LogP contribution in [0, 0.1) is 0 Å². The molecule has 1 fully saturated rings. The number of esters is 1. The zero-order chi connectivity index (χ0) is 42.7. The number of carbonyl (C=O) groups is 1. The van der Waals surface area contributed by atoms with Gasteiger partial charge in [-0.2, -0.15) is 0 Å². The minimum absolute atomic E-state index is 0.0835. The van der Waals surface area contributed by atoms with Crippen LogP contribution < -0.4 is 0 Å². The molecule has 6 atom stereocenters. The van der Waals surface area contributed by atoms with Gasteiger partial charge in [0.1, 0.15) is 42.7 Å². The monoisotopic (exact) mass is 847 g/mol. The summed E-state index contributed by atoms with van der Waals surface area (Å²) in [5.41, 5.74) is 0. The van der Waals surface area contributed by atoms with Gasteiger partial charge in [0.05, 0.1) is 13.2 Å². The van der Waals surface area contributed by atoms with Gasteiger partial charge in [-0.15, -0.1) is 0 Å². The summed E-state index contributed by atoms with van der Waals surface area (Å²) in [6, 6.07) is 0. The Labute approximate surface area is 351 Å². The average molecular weight is 847 g/mol. The molecule has 6 N–H and O–H groups in total. The molecule has 1 aliphatic carbocycles. The number of hydrogen-bond donors (Lipinski definition) is 6. The van der Waals surface area contributed by atoms with Crippen LogP contribution in [0.15, 0.2) is 36.5 Å². The third-order valence-corrected chi connectivity index (χ3v) is 11.5. The number of allylic oxidation sites excluding steroid dienone is 6. The minimum Gasteiger partial charge on any atom is -0.457 e. The minimum atomic E-state index is -5.02. The SMILES string of the molecule is CC/C=C\C/C=C\C/C=C\CCCCCCCCOCC(COP(=O)(O)OC1C(O)C(O)C(O)C(O)C1O)OC(=O)CCCCCCCCCCCCCCCCC. The van der Waals surface area contributed by atoms with E-state index < -0.39 is 63.1 Å².